The lowest BCUT2D eigenvalue weighted by Crippen LogP contribution is -2.38. The summed E-state index contributed by atoms with van der Waals surface area (Å²) in [6.07, 6.45) is 51.9. The summed E-state index contributed by atoms with van der Waals surface area (Å²) >= 11 is 0. The van der Waals surface area contributed by atoms with Crippen molar-refractivity contribution in [3.05, 3.63) is 48.6 Å². The van der Waals surface area contributed by atoms with Crippen LogP contribution in [0.25, 0.3) is 0 Å². The Kier molecular flexibility index (Phi) is 26.4. The Morgan fingerprint density at radius 1 is 0.521 bits per heavy atom. The molecule has 2 saturated heterocycles. The van der Waals surface area contributed by atoms with E-state index < -0.39 is 5.79 Å². The van der Waals surface area contributed by atoms with Gasteiger partial charge in [0.2, 0.25) is 0 Å². The maximum absolute atomic E-state index is 6.84. The molecule has 278 valence electrons. The summed E-state index contributed by atoms with van der Waals surface area (Å²) in [4.78, 5) is 2.21. The molecular formula is C44H79NO3. The van der Waals surface area contributed by atoms with E-state index >= 15 is 0 Å². The maximum Gasteiger partial charge on any atom is 0.169 e. The molecule has 2 aliphatic heterocycles. The molecule has 0 radical (unpaired) electrons. The lowest BCUT2D eigenvalue weighted by Gasteiger charge is -2.31. The molecule has 2 fully saturated rings. The Hall–Kier alpha value is -1.20. The average Bonchev–Trinajstić information content (AvgIpc) is 3.62. The fourth-order valence-electron chi connectivity index (χ4n) is 7.09. The van der Waals surface area contributed by atoms with Crippen molar-refractivity contribution in [3.8, 4) is 0 Å². The van der Waals surface area contributed by atoms with Crippen LogP contribution in [-0.4, -0.2) is 56.2 Å². The zero-order valence-corrected chi connectivity index (χ0v) is 32.3. The quantitative estimate of drug-likeness (QED) is 0.0527. The summed E-state index contributed by atoms with van der Waals surface area (Å²) in [7, 11) is 4.24. The standard InChI is InChI=1S/C44H79NO3/c1-5-7-9-11-13-15-17-19-21-23-25-27-29-31-33-35-37-44(47-42-40-46-41(39-45(3)4)43(42)48-44)38-36-34-32-30-28-26-24-22-20-18-16-14-12-10-8-6-2/h13-16,19-22,41-43H,5-12,17-18,23-40H2,1-4H3. The molecule has 0 spiro atoms. The van der Waals surface area contributed by atoms with E-state index in [4.69, 9.17) is 14.2 Å². The third-order valence-corrected chi connectivity index (χ3v) is 9.99. The molecule has 0 aliphatic carbocycles. The summed E-state index contributed by atoms with van der Waals surface area (Å²) in [5.41, 5.74) is 0. The Morgan fingerprint density at radius 3 is 1.38 bits per heavy atom. The zero-order chi connectivity index (χ0) is 34.4. The van der Waals surface area contributed by atoms with Crippen molar-refractivity contribution >= 4 is 0 Å². The minimum atomic E-state index is -0.395. The summed E-state index contributed by atoms with van der Waals surface area (Å²) in [6, 6.07) is 0. The van der Waals surface area contributed by atoms with Crippen molar-refractivity contribution in [2.75, 3.05) is 27.2 Å². The van der Waals surface area contributed by atoms with Crippen LogP contribution in [0.3, 0.4) is 0 Å². The van der Waals surface area contributed by atoms with E-state index in [1.165, 1.54) is 141 Å². The molecule has 3 unspecified atom stereocenters. The van der Waals surface area contributed by atoms with Crippen molar-refractivity contribution in [2.24, 2.45) is 0 Å². The molecule has 0 bridgehead atoms. The molecule has 0 saturated carbocycles. The van der Waals surface area contributed by atoms with Crippen LogP contribution in [0.5, 0.6) is 0 Å². The molecule has 3 atom stereocenters. The van der Waals surface area contributed by atoms with Gasteiger partial charge in [0.25, 0.3) is 0 Å². The van der Waals surface area contributed by atoms with E-state index in [0.717, 1.165) is 32.2 Å². The van der Waals surface area contributed by atoms with Crippen LogP contribution in [0.1, 0.15) is 181 Å². The molecule has 48 heavy (non-hydrogen) atoms. The predicted molar refractivity (Wildman–Crippen MR) is 209 cm³/mol. The second-order valence-electron chi connectivity index (χ2n) is 15.0. The van der Waals surface area contributed by atoms with Crippen molar-refractivity contribution in [1.82, 2.24) is 4.90 Å². The van der Waals surface area contributed by atoms with Gasteiger partial charge in [-0.15, -0.1) is 0 Å². The van der Waals surface area contributed by atoms with E-state index in [9.17, 15) is 0 Å². The molecule has 0 aromatic rings. The van der Waals surface area contributed by atoms with Gasteiger partial charge >= 0.3 is 0 Å². The fourth-order valence-corrected chi connectivity index (χ4v) is 7.09. The van der Waals surface area contributed by atoms with Crippen molar-refractivity contribution in [2.45, 2.75) is 205 Å². The van der Waals surface area contributed by atoms with Crippen LogP contribution in [-0.2, 0) is 14.2 Å². The van der Waals surface area contributed by atoms with Crippen LogP contribution >= 0.6 is 0 Å². The van der Waals surface area contributed by atoms with E-state index in [0.29, 0.717) is 6.61 Å². The van der Waals surface area contributed by atoms with Crippen molar-refractivity contribution in [1.29, 1.82) is 0 Å². The number of ether oxygens (including phenoxy) is 3. The predicted octanol–water partition coefficient (Wildman–Crippen LogP) is 12.8. The lowest BCUT2D eigenvalue weighted by atomic mass is 9.98. The second-order valence-corrected chi connectivity index (χ2v) is 15.0. The molecule has 0 amide bonds. The van der Waals surface area contributed by atoms with Crippen LogP contribution < -0.4 is 0 Å². The largest absolute Gasteiger partial charge is 0.371 e. The van der Waals surface area contributed by atoms with Crippen LogP contribution in [0, 0.1) is 0 Å². The Morgan fingerprint density at radius 2 is 0.938 bits per heavy atom. The number of nitrogens with zero attached hydrogens (tertiary/aromatic N) is 1. The minimum absolute atomic E-state index is 0.0848. The van der Waals surface area contributed by atoms with Gasteiger partial charge in [0, 0.05) is 19.4 Å². The number of unbranched alkanes of at least 4 members (excludes halogenated alkanes) is 18. The third-order valence-electron chi connectivity index (χ3n) is 9.99. The van der Waals surface area contributed by atoms with E-state index in [1.807, 2.05) is 0 Å². The van der Waals surface area contributed by atoms with Crippen molar-refractivity contribution in [3.63, 3.8) is 0 Å². The highest BCUT2D eigenvalue weighted by Gasteiger charge is 2.53. The summed E-state index contributed by atoms with van der Waals surface area (Å²) in [6.45, 7) is 6.11. The summed E-state index contributed by atoms with van der Waals surface area (Å²) in [5.74, 6) is -0.395. The van der Waals surface area contributed by atoms with Gasteiger partial charge in [-0.3, -0.25) is 0 Å². The highest BCUT2D eigenvalue weighted by atomic mass is 16.8. The van der Waals surface area contributed by atoms with E-state index in [2.05, 4.69) is 81.5 Å². The molecule has 2 heterocycles. The van der Waals surface area contributed by atoms with E-state index in [1.54, 1.807) is 0 Å². The number of rotatable bonds is 32. The van der Waals surface area contributed by atoms with Gasteiger partial charge in [0.15, 0.2) is 5.79 Å². The molecule has 2 rings (SSSR count). The Bertz CT molecular complexity index is 798. The zero-order valence-electron chi connectivity index (χ0n) is 32.3. The first kappa shape index (κ1) is 43.0. The van der Waals surface area contributed by atoms with Gasteiger partial charge in [0.05, 0.1) is 12.7 Å². The number of fused-ring (bicyclic) bond motifs is 1. The highest BCUT2D eigenvalue weighted by molar-refractivity contribution is 4.96. The Labute approximate surface area is 299 Å². The summed E-state index contributed by atoms with van der Waals surface area (Å²) in [5, 5.41) is 0. The van der Waals surface area contributed by atoms with Gasteiger partial charge in [-0.25, -0.2) is 0 Å². The van der Waals surface area contributed by atoms with Gasteiger partial charge in [-0.2, -0.15) is 0 Å². The monoisotopic (exact) mass is 670 g/mol. The molecular weight excluding hydrogens is 590 g/mol. The Balaban J connectivity index is 1.59. The first-order valence-electron chi connectivity index (χ1n) is 20.8. The number of hydrogen-bond donors (Lipinski definition) is 0. The maximum atomic E-state index is 6.84. The minimum Gasteiger partial charge on any atom is -0.371 e. The highest BCUT2D eigenvalue weighted by Crippen LogP contribution is 2.42. The molecule has 2 aliphatic rings. The summed E-state index contributed by atoms with van der Waals surface area (Å²) < 4.78 is 19.7. The SMILES string of the molecule is CCCCCC=CCC=CCCCCCCCCC1(CCCCCCCCC=CCC=CCCCCC)OC2COC(CN(C)C)C2O1. The smallest absolute Gasteiger partial charge is 0.169 e. The number of hydrogen-bond acceptors (Lipinski definition) is 4. The average molecular weight is 670 g/mol. The van der Waals surface area contributed by atoms with Gasteiger partial charge in [0.1, 0.15) is 12.2 Å². The van der Waals surface area contributed by atoms with Gasteiger partial charge in [-0.05, 0) is 91.1 Å². The molecule has 0 aromatic carbocycles. The number of allylic oxidation sites excluding steroid dienone is 8. The molecule has 4 heteroatoms. The van der Waals surface area contributed by atoms with Crippen LogP contribution in [0.2, 0.25) is 0 Å². The topological polar surface area (TPSA) is 30.9 Å². The third kappa shape index (κ3) is 21.1. The molecule has 0 aromatic heterocycles. The molecule has 0 N–H and O–H groups in total. The normalized spacial score (nSPS) is 23.0. The van der Waals surface area contributed by atoms with Gasteiger partial charge < -0.3 is 19.1 Å². The van der Waals surface area contributed by atoms with E-state index in [-0.39, 0.29) is 18.3 Å². The number of likely N-dealkylation sites (N-methyl/N-ethyl adjacent to an activating group) is 1. The first-order valence-corrected chi connectivity index (χ1v) is 20.8. The second kappa shape index (κ2) is 29.5. The molecule has 4 nitrogen and oxygen atoms in total. The van der Waals surface area contributed by atoms with Crippen molar-refractivity contribution < 1.29 is 14.2 Å². The van der Waals surface area contributed by atoms with Crippen LogP contribution in [0.15, 0.2) is 48.6 Å². The first-order chi connectivity index (χ1) is 23.6. The van der Waals surface area contributed by atoms with Crippen LogP contribution in [0.4, 0.5) is 0 Å². The fraction of sp³-hybridized carbons (Fsp3) is 0.818. The van der Waals surface area contributed by atoms with Gasteiger partial charge in [-0.1, -0.05) is 140 Å². The lowest BCUT2D eigenvalue weighted by molar-refractivity contribution is -0.209.